The Kier molecular flexibility index (Phi) is 8.22. The average molecular weight is 524 g/mol. The maximum absolute atomic E-state index is 13.3. The molecule has 0 bridgehead atoms. The van der Waals surface area contributed by atoms with Gasteiger partial charge in [-0.3, -0.25) is 9.59 Å². The molecule has 1 atom stereocenters. The van der Waals surface area contributed by atoms with Crippen molar-refractivity contribution in [3.63, 3.8) is 0 Å². The Labute approximate surface area is 216 Å². The maximum Gasteiger partial charge on any atom is 0.259 e. The van der Waals surface area contributed by atoms with E-state index in [9.17, 15) is 18.0 Å². The molecule has 0 aromatic heterocycles. The Morgan fingerprint density at radius 2 is 1.59 bits per heavy atom. The zero-order valence-electron chi connectivity index (χ0n) is 20.6. The molecule has 2 amide bonds. The summed E-state index contributed by atoms with van der Waals surface area (Å²) in [5, 5.41) is 5.69. The number of benzene rings is 3. The smallest absolute Gasteiger partial charge is 0.259 e. The largest absolute Gasteiger partial charge is 0.496 e. The standard InChI is InChI=1S/C27H29N3O6S/c1-19(20-8-4-3-5-9-20)28-26(31)22-10-6-7-11-24(22)29-27(32)23-18-21(12-13-25(23)35-2)37(33,34)30-14-16-36-17-15-30/h3-13,18-19H,14-17H2,1-2H3,(H,28,31)(H,29,32). The van der Waals surface area contributed by atoms with Crippen molar-refractivity contribution in [3.8, 4) is 5.75 Å². The second kappa shape index (κ2) is 11.5. The molecule has 9 nitrogen and oxygen atoms in total. The molecule has 10 heteroatoms. The fourth-order valence-corrected chi connectivity index (χ4v) is 5.47. The van der Waals surface area contributed by atoms with E-state index >= 15 is 0 Å². The lowest BCUT2D eigenvalue weighted by atomic mass is 10.1. The Hall–Kier alpha value is -3.73. The third-order valence-electron chi connectivity index (χ3n) is 6.09. The number of hydrogen-bond acceptors (Lipinski definition) is 6. The highest BCUT2D eigenvalue weighted by Crippen LogP contribution is 2.27. The van der Waals surface area contributed by atoms with E-state index in [1.165, 1.54) is 29.6 Å². The van der Waals surface area contributed by atoms with Crippen molar-refractivity contribution in [1.82, 2.24) is 9.62 Å². The molecule has 0 radical (unpaired) electrons. The van der Waals surface area contributed by atoms with Crippen molar-refractivity contribution >= 4 is 27.5 Å². The number of hydrogen-bond donors (Lipinski definition) is 2. The molecule has 3 aromatic carbocycles. The first-order valence-electron chi connectivity index (χ1n) is 11.8. The SMILES string of the molecule is COc1ccc(S(=O)(=O)N2CCOCC2)cc1C(=O)Nc1ccccc1C(=O)NC(C)c1ccccc1. The van der Waals surface area contributed by atoms with Gasteiger partial charge in [-0.15, -0.1) is 0 Å². The topological polar surface area (TPSA) is 114 Å². The van der Waals surface area contributed by atoms with Gasteiger partial charge < -0.3 is 20.1 Å². The lowest BCUT2D eigenvalue weighted by molar-refractivity contribution is 0.0730. The average Bonchev–Trinajstić information content (AvgIpc) is 2.93. The molecule has 37 heavy (non-hydrogen) atoms. The van der Waals surface area contributed by atoms with Crippen LogP contribution in [0.5, 0.6) is 5.75 Å². The number of nitrogens with one attached hydrogen (secondary N) is 2. The van der Waals surface area contributed by atoms with Crippen molar-refractivity contribution in [2.75, 3.05) is 38.7 Å². The summed E-state index contributed by atoms with van der Waals surface area (Å²) < 4.78 is 38.2. The van der Waals surface area contributed by atoms with Gasteiger partial charge in [0, 0.05) is 13.1 Å². The highest BCUT2D eigenvalue weighted by Gasteiger charge is 2.28. The van der Waals surface area contributed by atoms with Gasteiger partial charge in [-0.05, 0) is 42.8 Å². The predicted molar refractivity (Wildman–Crippen MR) is 139 cm³/mol. The number of anilines is 1. The zero-order valence-corrected chi connectivity index (χ0v) is 21.5. The quantitative estimate of drug-likeness (QED) is 0.468. The minimum Gasteiger partial charge on any atom is -0.496 e. The van der Waals surface area contributed by atoms with E-state index in [0.29, 0.717) is 13.2 Å². The number of ether oxygens (including phenoxy) is 2. The summed E-state index contributed by atoms with van der Waals surface area (Å²) in [4.78, 5) is 26.4. The molecule has 1 unspecified atom stereocenters. The van der Waals surface area contributed by atoms with Crippen molar-refractivity contribution in [2.45, 2.75) is 17.9 Å². The van der Waals surface area contributed by atoms with Gasteiger partial charge in [0.25, 0.3) is 11.8 Å². The normalized spacial score (nSPS) is 15.0. The summed E-state index contributed by atoms with van der Waals surface area (Å²) in [6, 6.07) is 20.1. The van der Waals surface area contributed by atoms with Crippen molar-refractivity contribution in [3.05, 3.63) is 89.5 Å². The molecule has 3 aromatic rings. The van der Waals surface area contributed by atoms with Crippen LogP contribution in [-0.4, -0.2) is 58.0 Å². The summed E-state index contributed by atoms with van der Waals surface area (Å²) in [7, 11) is -2.43. The third-order valence-corrected chi connectivity index (χ3v) is 7.99. The number of sulfonamides is 1. The number of carbonyl (C=O) groups excluding carboxylic acids is 2. The molecule has 0 saturated carbocycles. The number of amides is 2. The second-order valence-corrected chi connectivity index (χ2v) is 10.4. The number of morpholine rings is 1. The van der Waals surface area contributed by atoms with Crippen LogP contribution < -0.4 is 15.4 Å². The summed E-state index contributed by atoms with van der Waals surface area (Å²) in [6.07, 6.45) is 0. The maximum atomic E-state index is 13.3. The van der Waals surface area contributed by atoms with E-state index in [0.717, 1.165) is 5.56 Å². The summed E-state index contributed by atoms with van der Waals surface area (Å²) in [6.45, 7) is 2.97. The van der Waals surface area contributed by atoms with Gasteiger partial charge in [-0.25, -0.2) is 8.42 Å². The van der Waals surface area contributed by atoms with Crippen LogP contribution >= 0.6 is 0 Å². The first kappa shape index (κ1) is 26.3. The van der Waals surface area contributed by atoms with E-state index in [1.807, 2.05) is 37.3 Å². The molecule has 1 saturated heterocycles. The molecule has 0 spiro atoms. The van der Waals surface area contributed by atoms with Gasteiger partial charge in [0.2, 0.25) is 10.0 Å². The predicted octanol–water partition coefficient (Wildman–Crippen LogP) is 3.46. The van der Waals surface area contributed by atoms with Crippen molar-refractivity contribution in [1.29, 1.82) is 0 Å². The fourth-order valence-electron chi connectivity index (χ4n) is 4.04. The van der Waals surface area contributed by atoms with E-state index in [1.54, 1.807) is 24.3 Å². The molecule has 2 N–H and O–H groups in total. The molecule has 1 heterocycles. The van der Waals surface area contributed by atoms with Crippen LogP contribution in [-0.2, 0) is 14.8 Å². The van der Waals surface area contributed by atoms with Crippen LogP contribution in [0.25, 0.3) is 0 Å². The minimum atomic E-state index is -3.82. The molecule has 1 fully saturated rings. The zero-order chi connectivity index (χ0) is 26.4. The van der Waals surface area contributed by atoms with Crippen molar-refractivity contribution < 1.29 is 27.5 Å². The highest BCUT2D eigenvalue weighted by molar-refractivity contribution is 7.89. The lowest BCUT2D eigenvalue weighted by Gasteiger charge is -2.26. The van der Waals surface area contributed by atoms with Crippen LogP contribution in [0.4, 0.5) is 5.69 Å². The first-order valence-corrected chi connectivity index (χ1v) is 13.3. The van der Waals surface area contributed by atoms with Gasteiger partial charge in [0.05, 0.1) is 48.1 Å². The summed E-state index contributed by atoms with van der Waals surface area (Å²) in [5.41, 5.74) is 1.54. The Bertz CT molecular complexity index is 1370. The molecule has 1 aliphatic rings. The summed E-state index contributed by atoms with van der Waals surface area (Å²) in [5.74, 6) is -0.756. The van der Waals surface area contributed by atoms with Gasteiger partial charge >= 0.3 is 0 Å². The van der Waals surface area contributed by atoms with Gasteiger partial charge in [0.1, 0.15) is 5.75 Å². The summed E-state index contributed by atoms with van der Waals surface area (Å²) >= 11 is 0. The van der Waals surface area contributed by atoms with E-state index in [4.69, 9.17) is 9.47 Å². The van der Waals surface area contributed by atoms with E-state index in [-0.39, 0.29) is 52.5 Å². The lowest BCUT2D eigenvalue weighted by Crippen LogP contribution is -2.40. The third kappa shape index (κ3) is 5.99. The minimum absolute atomic E-state index is 0.0249. The van der Waals surface area contributed by atoms with Crippen LogP contribution in [0.3, 0.4) is 0 Å². The van der Waals surface area contributed by atoms with Gasteiger partial charge in [-0.2, -0.15) is 4.31 Å². The molecule has 194 valence electrons. The number of carbonyl (C=O) groups is 2. The Morgan fingerprint density at radius 3 is 2.30 bits per heavy atom. The number of nitrogens with zero attached hydrogens (tertiary/aromatic N) is 1. The Morgan fingerprint density at radius 1 is 0.919 bits per heavy atom. The van der Waals surface area contributed by atoms with Crippen LogP contribution in [0.1, 0.15) is 39.2 Å². The molecular weight excluding hydrogens is 494 g/mol. The number of methoxy groups -OCH3 is 1. The molecular formula is C27H29N3O6S. The monoisotopic (exact) mass is 523 g/mol. The number of para-hydroxylation sites is 1. The van der Waals surface area contributed by atoms with E-state index in [2.05, 4.69) is 10.6 Å². The Balaban J connectivity index is 1.58. The van der Waals surface area contributed by atoms with E-state index < -0.39 is 15.9 Å². The second-order valence-electron chi connectivity index (χ2n) is 8.48. The van der Waals surface area contributed by atoms with Crippen molar-refractivity contribution in [2.24, 2.45) is 0 Å². The van der Waals surface area contributed by atoms with Crippen LogP contribution in [0, 0.1) is 0 Å². The molecule has 4 rings (SSSR count). The highest BCUT2D eigenvalue weighted by atomic mass is 32.2. The van der Waals surface area contributed by atoms with Gasteiger partial charge in [-0.1, -0.05) is 42.5 Å². The van der Waals surface area contributed by atoms with Gasteiger partial charge in [0.15, 0.2) is 0 Å². The molecule has 1 aliphatic heterocycles. The number of rotatable bonds is 8. The fraction of sp³-hybridized carbons (Fsp3) is 0.259. The van der Waals surface area contributed by atoms with Crippen LogP contribution in [0.2, 0.25) is 0 Å². The van der Waals surface area contributed by atoms with Crippen LogP contribution in [0.15, 0.2) is 77.7 Å². The molecule has 0 aliphatic carbocycles. The first-order chi connectivity index (χ1) is 17.8.